The van der Waals surface area contributed by atoms with Crippen molar-refractivity contribution < 1.29 is 0 Å². The lowest BCUT2D eigenvalue weighted by atomic mass is 10.0. The van der Waals surface area contributed by atoms with Crippen LogP contribution >= 0.6 is 0 Å². The second-order valence-electron chi connectivity index (χ2n) is 17.4. The molecule has 0 N–H and O–H groups in total. The highest BCUT2D eigenvalue weighted by Gasteiger charge is 2.44. The molecule has 0 saturated heterocycles. The molecule has 0 spiro atoms. The molecule has 57 heavy (non-hydrogen) atoms. The third kappa shape index (κ3) is 6.79. The van der Waals surface area contributed by atoms with E-state index in [1.807, 2.05) is 0 Å². The van der Waals surface area contributed by atoms with Gasteiger partial charge in [0.15, 0.2) is 11.6 Å². The molecule has 6 aromatic carbocycles. The van der Waals surface area contributed by atoms with Gasteiger partial charge in [0.05, 0.1) is 22.7 Å². The molecule has 0 bridgehead atoms. The van der Waals surface area contributed by atoms with E-state index in [9.17, 15) is 0 Å². The number of aryl methyl sites for hydroxylation is 3. The molecule has 6 aromatic rings. The van der Waals surface area contributed by atoms with Gasteiger partial charge < -0.3 is 0 Å². The lowest BCUT2D eigenvalue weighted by Gasteiger charge is -2.34. The second-order valence-corrected chi connectivity index (χ2v) is 17.4. The number of anilines is 8. The zero-order valence-corrected chi connectivity index (χ0v) is 35.7. The summed E-state index contributed by atoms with van der Waals surface area (Å²) in [5.74, 6) is 3.91. The standard InChI is InChI=1S/C53H58N4/c1-33(2)40-13-21-44(22-14-40)54-48-29-12-37(9)30-49(48)55(45-23-15-41(16-24-45)34(3)4)52(54)53-56(46-25-17-42(18-26-46)35(5)6)50-31-38(10)39(11)32-51(50)57(53)47-27-19-43(20-28-47)36(7)8/h12-36H,1-11H3. The number of hydrogen-bond donors (Lipinski definition) is 0. The fourth-order valence-corrected chi connectivity index (χ4v) is 8.28. The Labute approximate surface area is 341 Å². The summed E-state index contributed by atoms with van der Waals surface area (Å²) < 4.78 is 0. The average Bonchev–Trinajstić information content (AvgIpc) is 3.69. The Morgan fingerprint density at radius 2 is 0.561 bits per heavy atom. The maximum atomic E-state index is 2.52. The number of nitrogens with zero attached hydrogens (tertiary/aromatic N) is 4. The molecule has 0 aliphatic carbocycles. The molecule has 4 heteroatoms. The Kier molecular flexibility index (Phi) is 10.0. The van der Waals surface area contributed by atoms with Gasteiger partial charge in [-0.1, -0.05) is 110 Å². The molecule has 0 aromatic heterocycles. The summed E-state index contributed by atoms with van der Waals surface area (Å²) in [6.45, 7) is 24.8. The molecule has 0 radical (unpaired) electrons. The number of benzene rings is 6. The van der Waals surface area contributed by atoms with E-state index in [4.69, 9.17) is 0 Å². The van der Waals surface area contributed by atoms with Crippen molar-refractivity contribution in [1.29, 1.82) is 0 Å². The molecule has 2 heterocycles. The van der Waals surface area contributed by atoms with Crippen molar-refractivity contribution in [1.82, 2.24) is 0 Å². The first kappa shape index (κ1) is 38.1. The summed E-state index contributed by atoms with van der Waals surface area (Å²) in [5, 5.41) is 0. The maximum Gasteiger partial charge on any atom is 0.166 e. The van der Waals surface area contributed by atoms with Crippen LogP contribution in [0.5, 0.6) is 0 Å². The van der Waals surface area contributed by atoms with Crippen LogP contribution in [0.3, 0.4) is 0 Å². The zero-order chi connectivity index (χ0) is 40.3. The van der Waals surface area contributed by atoms with Crippen LogP contribution in [-0.2, 0) is 0 Å². The van der Waals surface area contributed by atoms with Gasteiger partial charge >= 0.3 is 0 Å². The largest absolute Gasteiger partial charge is 0.291 e. The predicted molar refractivity (Wildman–Crippen MR) is 245 cm³/mol. The molecule has 0 amide bonds. The molecule has 2 aliphatic heterocycles. The summed E-state index contributed by atoms with van der Waals surface area (Å²) in [6, 6.07) is 48.6. The minimum Gasteiger partial charge on any atom is -0.291 e. The lowest BCUT2D eigenvalue weighted by molar-refractivity contribution is 0.865. The van der Waals surface area contributed by atoms with Gasteiger partial charge in [0.1, 0.15) is 0 Å². The van der Waals surface area contributed by atoms with E-state index >= 15 is 0 Å². The smallest absolute Gasteiger partial charge is 0.166 e. The van der Waals surface area contributed by atoms with E-state index in [1.54, 1.807) is 0 Å². The third-order valence-electron chi connectivity index (χ3n) is 12.0. The van der Waals surface area contributed by atoms with E-state index in [2.05, 4.69) is 223 Å². The van der Waals surface area contributed by atoms with Crippen molar-refractivity contribution >= 4 is 45.5 Å². The number of rotatable bonds is 8. The fraction of sp³-hybridized carbons (Fsp3) is 0.283. The predicted octanol–water partition coefficient (Wildman–Crippen LogP) is 15.5. The molecule has 8 rings (SSSR count). The summed E-state index contributed by atoms with van der Waals surface area (Å²) in [5.41, 5.74) is 18.3. The molecule has 290 valence electrons. The molecule has 2 aliphatic rings. The van der Waals surface area contributed by atoms with Crippen molar-refractivity contribution in [3.05, 3.63) is 178 Å². The first-order chi connectivity index (χ1) is 27.3. The topological polar surface area (TPSA) is 13.0 Å². The number of hydrogen-bond acceptors (Lipinski definition) is 4. The van der Waals surface area contributed by atoms with E-state index in [-0.39, 0.29) is 0 Å². The minimum absolute atomic E-state index is 0.435. The number of fused-ring (bicyclic) bond motifs is 2. The van der Waals surface area contributed by atoms with Gasteiger partial charge in [0.25, 0.3) is 0 Å². The Morgan fingerprint density at radius 1 is 0.298 bits per heavy atom. The van der Waals surface area contributed by atoms with Gasteiger partial charge in [-0.3, -0.25) is 19.6 Å². The molecular weight excluding hydrogens is 693 g/mol. The highest BCUT2D eigenvalue weighted by atomic mass is 15.5. The third-order valence-corrected chi connectivity index (χ3v) is 12.0. The van der Waals surface area contributed by atoms with Gasteiger partial charge in [-0.25, -0.2) is 0 Å². The van der Waals surface area contributed by atoms with Crippen molar-refractivity contribution in [2.75, 3.05) is 19.6 Å². The monoisotopic (exact) mass is 750 g/mol. The first-order valence-corrected chi connectivity index (χ1v) is 20.9. The highest BCUT2D eigenvalue weighted by Crippen LogP contribution is 2.57. The molecule has 0 atom stereocenters. The van der Waals surface area contributed by atoms with Gasteiger partial charge in [-0.2, -0.15) is 0 Å². The molecule has 0 unspecified atom stereocenters. The van der Waals surface area contributed by atoms with Gasteiger partial charge in [0.2, 0.25) is 0 Å². The Hall–Kier alpha value is -5.74. The van der Waals surface area contributed by atoms with Gasteiger partial charge in [-0.15, -0.1) is 0 Å². The van der Waals surface area contributed by atoms with Crippen LogP contribution in [0.4, 0.5) is 45.5 Å². The Balaban J connectivity index is 1.52. The average molecular weight is 751 g/mol. The normalized spacial score (nSPS) is 13.9. The SMILES string of the molecule is Cc1ccc2c(c1)N(c1ccc(C(C)C)cc1)C(=C1N(c3ccc(C(C)C)cc3)c3cc(C)c(C)cc3N1c1ccc(C(C)C)cc1)N2c1ccc(C(C)C)cc1. The fourth-order valence-electron chi connectivity index (χ4n) is 8.28. The van der Waals surface area contributed by atoms with Crippen LogP contribution in [0.2, 0.25) is 0 Å². The lowest BCUT2D eigenvalue weighted by Crippen LogP contribution is -2.33. The van der Waals surface area contributed by atoms with E-state index in [0.29, 0.717) is 23.7 Å². The zero-order valence-electron chi connectivity index (χ0n) is 35.7. The van der Waals surface area contributed by atoms with Crippen molar-refractivity contribution in [2.45, 2.75) is 99.8 Å². The second kappa shape index (κ2) is 15.0. The maximum absolute atomic E-state index is 2.52. The first-order valence-electron chi connectivity index (χ1n) is 20.9. The van der Waals surface area contributed by atoms with Crippen LogP contribution in [-0.4, -0.2) is 0 Å². The molecular formula is C53H58N4. The van der Waals surface area contributed by atoms with Crippen LogP contribution in [0.25, 0.3) is 0 Å². The summed E-state index contributed by atoms with van der Waals surface area (Å²) in [7, 11) is 0. The van der Waals surface area contributed by atoms with E-state index in [1.165, 1.54) is 50.3 Å². The molecule has 0 saturated carbocycles. The van der Waals surface area contributed by atoms with Crippen LogP contribution in [0.15, 0.2) is 139 Å². The van der Waals surface area contributed by atoms with Crippen molar-refractivity contribution in [2.24, 2.45) is 0 Å². The Bertz CT molecular complexity index is 2350. The summed E-state index contributed by atoms with van der Waals surface area (Å²) >= 11 is 0. The minimum atomic E-state index is 0.435. The molecule has 4 nitrogen and oxygen atoms in total. The van der Waals surface area contributed by atoms with E-state index in [0.717, 1.165) is 45.8 Å². The van der Waals surface area contributed by atoms with Crippen LogP contribution < -0.4 is 19.6 Å². The van der Waals surface area contributed by atoms with Crippen LogP contribution in [0.1, 0.15) is 118 Å². The van der Waals surface area contributed by atoms with Crippen molar-refractivity contribution in [3.8, 4) is 0 Å². The molecule has 0 fully saturated rings. The summed E-state index contributed by atoms with van der Waals surface area (Å²) in [4.78, 5) is 10.0. The summed E-state index contributed by atoms with van der Waals surface area (Å²) in [6.07, 6.45) is 0. The van der Waals surface area contributed by atoms with Crippen LogP contribution in [0, 0.1) is 20.8 Å². The van der Waals surface area contributed by atoms with Gasteiger partial charge in [-0.05, 0) is 156 Å². The highest BCUT2D eigenvalue weighted by molar-refractivity contribution is 6.00. The van der Waals surface area contributed by atoms with Gasteiger partial charge in [0, 0.05) is 22.7 Å². The van der Waals surface area contributed by atoms with E-state index < -0.39 is 0 Å². The Morgan fingerprint density at radius 3 is 0.842 bits per heavy atom. The van der Waals surface area contributed by atoms with Crippen molar-refractivity contribution in [3.63, 3.8) is 0 Å². The quantitative estimate of drug-likeness (QED) is 0.154.